The molecule has 0 aliphatic carbocycles. The molecule has 7 heteroatoms. The molecular formula is C19H32N4O3. The molecule has 146 valence electrons. The van der Waals surface area contributed by atoms with Crippen LogP contribution in [0.3, 0.4) is 0 Å². The van der Waals surface area contributed by atoms with Gasteiger partial charge in [0.15, 0.2) is 0 Å². The maximum Gasteiger partial charge on any atom is 0.410 e. The first kappa shape index (κ1) is 20.3. The Morgan fingerprint density at radius 2 is 1.69 bits per heavy atom. The summed E-state index contributed by atoms with van der Waals surface area (Å²) in [4.78, 5) is 28.4. The Hall–Kier alpha value is -2.05. The van der Waals surface area contributed by atoms with Gasteiger partial charge in [-0.05, 0) is 53.0 Å². The summed E-state index contributed by atoms with van der Waals surface area (Å²) in [5.74, 6) is 0.138. The zero-order valence-electron chi connectivity index (χ0n) is 17.0. The minimum absolute atomic E-state index is 0.138. The number of carbonyl (C=O) groups is 2. The Balaban J connectivity index is 1.88. The maximum absolute atomic E-state index is 12.6. The van der Waals surface area contributed by atoms with E-state index in [2.05, 4.69) is 5.10 Å². The summed E-state index contributed by atoms with van der Waals surface area (Å²) in [6, 6.07) is 0. The molecule has 0 spiro atoms. The molecule has 0 radical (unpaired) electrons. The van der Waals surface area contributed by atoms with Gasteiger partial charge in [0, 0.05) is 45.3 Å². The van der Waals surface area contributed by atoms with Gasteiger partial charge in [0.1, 0.15) is 5.60 Å². The van der Waals surface area contributed by atoms with Crippen LogP contribution in [-0.4, -0.2) is 63.4 Å². The highest BCUT2D eigenvalue weighted by Crippen LogP contribution is 2.16. The van der Waals surface area contributed by atoms with Gasteiger partial charge in [-0.15, -0.1) is 0 Å². The van der Waals surface area contributed by atoms with Crippen LogP contribution in [0.2, 0.25) is 0 Å². The molecule has 0 aromatic carbocycles. The molecule has 1 saturated heterocycles. The van der Waals surface area contributed by atoms with Crippen molar-refractivity contribution in [1.82, 2.24) is 19.6 Å². The van der Waals surface area contributed by atoms with Gasteiger partial charge in [-0.1, -0.05) is 0 Å². The second kappa shape index (κ2) is 8.10. The van der Waals surface area contributed by atoms with E-state index in [1.807, 2.05) is 51.2 Å². The summed E-state index contributed by atoms with van der Waals surface area (Å²) in [7, 11) is 1.92. The van der Waals surface area contributed by atoms with Gasteiger partial charge in [-0.3, -0.25) is 9.48 Å². The lowest BCUT2D eigenvalue weighted by molar-refractivity contribution is -0.131. The molecule has 0 atom stereocenters. The van der Waals surface area contributed by atoms with Crippen LogP contribution in [0.25, 0.3) is 0 Å². The fraction of sp³-hybridized carbons (Fsp3) is 0.737. The van der Waals surface area contributed by atoms with E-state index in [9.17, 15) is 9.59 Å². The van der Waals surface area contributed by atoms with Crippen LogP contribution in [0, 0.1) is 13.8 Å². The van der Waals surface area contributed by atoms with E-state index in [1.165, 1.54) is 0 Å². The number of hydrogen-bond acceptors (Lipinski definition) is 4. The summed E-state index contributed by atoms with van der Waals surface area (Å²) >= 11 is 0. The number of aryl methyl sites for hydroxylation is 2. The molecular weight excluding hydrogens is 332 g/mol. The van der Waals surface area contributed by atoms with E-state index >= 15 is 0 Å². The van der Waals surface area contributed by atoms with Gasteiger partial charge in [0.25, 0.3) is 0 Å². The lowest BCUT2D eigenvalue weighted by Crippen LogP contribution is -2.40. The second-order valence-electron chi connectivity index (χ2n) is 7.97. The molecule has 0 bridgehead atoms. The standard InChI is InChI=1S/C19H32N4O3/c1-14-16(15(2)21(6)20-14)8-9-17(24)22-10-7-11-23(13-12-22)18(25)26-19(3,4)5/h7-13H2,1-6H3. The lowest BCUT2D eigenvalue weighted by Gasteiger charge is -2.26. The van der Waals surface area contributed by atoms with Crippen molar-refractivity contribution in [3.63, 3.8) is 0 Å². The molecule has 7 nitrogen and oxygen atoms in total. The van der Waals surface area contributed by atoms with Crippen molar-refractivity contribution >= 4 is 12.0 Å². The third kappa shape index (κ3) is 5.22. The van der Waals surface area contributed by atoms with Crippen LogP contribution in [0.4, 0.5) is 4.79 Å². The monoisotopic (exact) mass is 364 g/mol. The average Bonchev–Trinajstić information content (AvgIpc) is 2.72. The van der Waals surface area contributed by atoms with Crippen molar-refractivity contribution in [2.45, 2.75) is 59.5 Å². The van der Waals surface area contributed by atoms with E-state index in [-0.39, 0.29) is 12.0 Å². The van der Waals surface area contributed by atoms with E-state index < -0.39 is 5.60 Å². The van der Waals surface area contributed by atoms with Crippen molar-refractivity contribution in [1.29, 1.82) is 0 Å². The number of rotatable bonds is 3. The number of ether oxygens (including phenoxy) is 1. The van der Waals surface area contributed by atoms with Gasteiger partial charge < -0.3 is 14.5 Å². The highest BCUT2D eigenvalue weighted by molar-refractivity contribution is 5.76. The van der Waals surface area contributed by atoms with Crippen LogP contribution >= 0.6 is 0 Å². The molecule has 2 heterocycles. The normalized spacial score (nSPS) is 15.8. The number of amides is 2. The van der Waals surface area contributed by atoms with Crippen molar-refractivity contribution < 1.29 is 14.3 Å². The fourth-order valence-electron chi connectivity index (χ4n) is 3.25. The predicted octanol–water partition coefficient (Wildman–Crippen LogP) is 2.44. The van der Waals surface area contributed by atoms with Gasteiger partial charge in [-0.2, -0.15) is 5.10 Å². The van der Waals surface area contributed by atoms with E-state index in [4.69, 9.17) is 4.74 Å². The van der Waals surface area contributed by atoms with E-state index in [0.717, 1.165) is 23.4 Å². The first-order valence-electron chi connectivity index (χ1n) is 9.33. The van der Waals surface area contributed by atoms with Crippen molar-refractivity contribution in [3.8, 4) is 0 Å². The SMILES string of the molecule is Cc1nn(C)c(C)c1CCC(=O)N1CCCN(C(=O)OC(C)(C)C)CC1. The Labute approximate surface area is 156 Å². The molecule has 0 saturated carbocycles. The first-order chi connectivity index (χ1) is 12.1. The molecule has 1 aliphatic rings. The average molecular weight is 364 g/mol. The number of nitrogens with zero attached hydrogens (tertiary/aromatic N) is 4. The molecule has 26 heavy (non-hydrogen) atoms. The van der Waals surface area contributed by atoms with Gasteiger partial charge in [-0.25, -0.2) is 4.79 Å². The zero-order chi connectivity index (χ0) is 19.5. The fourth-order valence-corrected chi connectivity index (χ4v) is 3.25. The highest BCUT2D eigenvalue weighted by Gasteiger charge is 2.26. The van der Waals surface area contributed by atoms with Crippen LogP contribution in [0.15, 0.2) is 0 Å². The summed E-state index contributed by atoms with van der Waals surface area (Å²) in [6.45, 7) is 12.0. The summed E-state index contributed by atoms with van der Waals surface area (Å²) in [6.07, 6.45) is 1.65. The molecule has 1 aromatic rings. The summed E-state index contributed by atoms with van der Waals surface area (Å²) in [5.41, 5.74) is 2.76. The van der Waals surface area contributed by atoms with Crippen LogP contribution in [0.1, 0.15) is 50.6 Å². The van der Waals surface area contributed by atoms with Gasteiger partial charge in [0.05, 0.1) is 5.69 Å². The topological polar surface area (TPSA) is 67.7 Å². The van der Waals surface area contributed by atoms with E-state index in [1.54, 1.807) is 4.90 Å². The van der Waals surface area contributed by atoms with Crippen molar-refractivity contribution in [2.75, 3.05) is 26.2 Å². The summed E-state index contributed by atoms with van der Waals surface area (Å²) in [5, 5.41) is 4.41. The molecule has 1 aromatic heterocycles. The second-order valence-corrected chi connectivity index (χ2v) is 7.97. The van der Waals surface area contributed by atoms with Crippen LogP contribution in [-0.2, 0) is 23.0 Å². The Morgan fingerprint density at radius 3 is 2.27 bits per heavy atom. The first-order valence-corrected chi connectivity index (χ1v) is 9.33. The molecule has 0 unspecified atom stereocenters. The third-order valence-electron chi connectivity index (χ3n) is 4.75. The Kier molecular flexibility index (Phi) is 6.31. The van der Waals surface area contributed by atoms with Crippen LogP contribution in [0.5, 0.6) is 0 Å². The quantitative estimate of drug-likeness (QED) is 0.826. The maximum atomic E-state index is 12.6. The van der Waals surface area contributed by atoms with Crippen molar-refractivity contribution in [3.05, 3.63) is 17.0 Å². The molecule has 1 aliphatic heterocycles. The van der Waals surface area contributed by atoms with Gasteiger partial charge >= 0.3 is 6.09 Å². The Bertz CT molecular complexity index is 660. The zero-order valence-corrected chi connectivity index (χ0v) is 17.0. The molecule has 0 N–H and O–H groups in total. The lowest BCUT2D eigenvalue weighted by atomic mass is 10.1. The number of aromatic nitrogens is 2. The third-order valence-corrected chi connectivity index (χ3v) is 4.75. The molecule has 1 fully saturated rings. The minimum Gasteiger partial charge on any atom is -0.444 e. The largest absolute Gasteiger partial charge is 0.444 e. The minimum atomic E-state index is -0.502. The van der Waals surface area contributed by atoms with Crippen molar-refractivity contribution in [2.24, 2.45) is 7.05 Å². The predicted molar refractivity (Wildman–Crippen MR) is 100 cm³/mol. The number of hydrogen-bond donors (Lipinski definition) is 0. The van der Waals surface area contributed by atoms with Crippen LogP contribution < -0.4 is 0 Å². The van der Waals surface area contributed by atoms with E-state index in [0.29, 0.717) is 39.0 Å². The molecule has 2 rings (SSSR count). The smallest absolute Gasteiger partial charge is 0.410 e. The number of carbonyl (C=O) groups excluding carboxylic acids is 2. The summed E-state index contributed by atoms with van der Waals surface area (Å²) < 4.78 is 7.30. The highest BCUT2D eigenvalue weighted by atomic mass is 16.6. The Morgan fingerprint density at radius 1 is 1.08 bits per heavy atom. The van der Waals surface area contributed by atoms with Gasteiger partial charge in [0.2, 0.25) is 5.91 Å². The molecule has 2 amide bonds.